The summed E-state index contributed by atoms with van der Waals surface area (Å²) in [6.07, 6.45) is 4.48. The van der Waals surface area contributed by atoms with Gasteiger partial charge in [-0.15, -0.1) is 8.58 Å². The van der Waals surface area contributed by atoms with Crippen molar-refractivity contribution in [1.82, 2.24) is 0 Å². The molecule has 1 aliphatic carbocycles. The Bertz CT molecular complexity index is 101. The summed E-state index contributed by atoms with van der Waals surface area (Å²) in [4.78, 5) is 0. The molecular weight excluding hydrogens is 139 g/mol. The standard InChI is InChI=1S/C9H19P/c1-7-4-5-9(10-3)6-8(7)2/h7-10H,4-6H2,1-3H3/t7-,8?,9?/m0/s1. The molecule has 10 heavy (non-hydrogen) atoms. The second-order valence-electron chi connectivity index (χ2n) is 3.75. The van der Waals surface area contributed by atoms with Crippen LogP contribution >= 0.6 is 8.58 Å². The molecule has 1 saturated carbocycles. The second kappa shape index (κ2) is 3.72. The van der Waals surface area contributed by atoms with E-state index in [4.69, 9.17) is 0 Å². The minimum Gasteiger partial charge on any atom is -0.122 e. The largest absolute Gasteiger partial charge is 0.122 e. The molecule has 3 unspecified atom stereocenters. The van der Waals surface area contributed by atoms with Crippen molar-refractivity contribution in [3.8, 4) is 0 Å². The highest BCUT2D eigenvalue weighted by molar-refractivity contribution is 7.37. The van der Waals surface area contributed by atoms with Crippen LogP contribution in [0, 0.1) is 11.8 Å². The molecule has 0 N–H and O–H groups in total. The maximum absolute atomic E-state index is 2.41. The Hall–Kier alpha value is 0.430. The van der Waals surface area contributed by atoms with E-state index in [0.717, 1.165) is 17.5 Å². The van der Waals surface area contributed by atoms with E-state index in [0.29, 0.717) is 0 Å². The van der Waals surface area contributed by atoms with Crippen LogP contribution in [-0.4, -0.2) is 12.3 Å². The minimum atomic E-state index is 0.992. The smallest absolute Gasteiger partial charge is 0.0236 e. The molecule has 0 aromatic heterocycles. The average molecular weight is 158 g/mol. The average Bonchev–Trinajstić information content (AvgIpc) is 1.95. The molecule has 0 spiro atoms. The molecule has 1 heteroatoms. The van der Waals surface area contributed by atoms with E-state index in [-0.39, 0.29) is 0 Å². The Kier molecular flexibility index (Phi) is 3.17. The van der Waals surface area contributed by atoms with Crippen LogP contribution in [0.2, 0.25) is 0 Å². The normalized spacial score (nSPS) is 42.9. The summed E-state index contributed by atoms with van der Waals surface area (Å²) < 4.78 is 0. The zero-order valence-corrected chi connectivity index (χ0v) is 8.35. The van der Waals surface area contributed by atoms with Crippen molar-refractivity contribution in [3.63, 3.8) is 0 Å². The van der Waals surface area contributed by atoms with E-state index < -0.39 is 0 Å². The van der Waals surface area contributed by atoms with E-state index in [1.54, 1.807) is 0 Å². The number of hydrogen-bond donors (Lipinski definition) is 0. The van der Waals surface area contributed by atoms with E-state index in [9.17, 15) is 0 Å². The van der Waals surface area contributed by atoms with Gasteiger partial charge in [-0.3, -0.25) is 0 Å². The first-order valence-corrected chi connectivity index (χ1v) is 5.99. The highest BCUT2D eigenvalue weighted by Crippen LogP contribution is 2.36. The van der Waals surface area contributed by atoms with Gasteiger partial charge in [-0.1, -0.05) is 13.8 Å². The molecular formula is C9H19P. The van der Waals surface area contributed by atoms with E-state index in [1.165, 1.54) is 27.8 Å². The summed E-state index contributed by atoms with van der Waals surface area (Å²) in [5.74, 6) is 1.98. The summed E-state index contributed by atoms with van der Waals surface area (Å²) in [5, 5.41) is 0. The first-order valence-electron chi connectivity index (χ1n) is 4.41. The Morgan fingerprint density at radius 3 is 2.30 bits per heavy atom. The zero-order valence-electron chi connectivity index (χ0n) is 7.35. The summed E-state index contributed by atoms with van der Waals surface area (Å²) in [6, 6.07) is 0. The molecule has 4 atom stereocenters. The maximum atomic E-state index is 2.41. The second-order valence-corrected chi connectivity index (χ2v) is 5.15. The van der Waals surface area contributed by atoms with Gasteiger partial charge in [0.1, 0.15) is 0 Å². The van der Waals surface area contributed by atoms with Gasteiger partial charge in [0.2, 0.25) is 0 Å². The summed E-state index contributed by atoms with van der Waals surface area (Å²) in [5.41, 5.74) is 1.08. The van der Waals surface area contributed by atoms with Crippen LogP contribution in [0.25, 0.3) is 0 Å². The topological polar surface area (TPSA) is 0 Å². The van der Waals surface area contributed by atoms with Gasteiger partial charge in [0.25, 0.3) is 0 Å². The first kappa shape index (κ1) is 8.53. The molecule has 1 rings (SSSR count). The molecule has 0 heterocycles. The third kappa shape index (κ3) is 1.95. The fourth-order valence-electron chi connectivity index (χ4n) is 1.81. The lowest BCUT2D eigenvalue weighted by molar-refractivity contribution is 0.282. The van der Waals surface area contributed by atoms with Gasteiger partial charge in [-0.2, -0.15) is 0 Å². The fraction of sp³-hybridized carbons (Fsp3) is 1.00. The van der Waals surface area contributed by atoms with Gasteiger partial charge in [0.15, 0.2) is 0 Å². The van der Waals surface area contributed by atoms with Gasteiger partial charge >= 0.3 is 0 Å². The summed E-state index contributed by atoms with van der Waals surface area (Å²) >= 11 is 0. The fourth-order valence-corrected chi connectivity index (χ4v) is 2.87. The molecule has 0 amide bonds. The van der Waals surface area contributed by atoms with Crippen LogP contribution in [0.1, 0.15) is 33.1 Å². The molecule has 0 bridgehead atoms. The molecule has 0 aromatic carbocycles. The molecule has 1 aliphatic rings. The van der Waals surface area contributed by atoms with Crippen molar-refractivity contribution in [2.24, 2.45) is 11.8 Å². The number of hydrogen-bond acceptors (Lipinski definition) is 0. The molecule has 60 valence electrons. The van der Waals surface area contributed by atoms with Crippen LogP contribution < -0.4 is 0 Å². The van der Waals surface area contributed by atoms with Crippen LogP contribution in [-0.2, 0) is 0 Å². The lowest BCUT2D eigenvalue weighted by Crippen LogP contribution is -2.21. The Balaban J connectivity index is 2.33. The van der Waals surface area contributed by atoms with Crippen LogP contribution in [0.15, 0.2) is 0 Å². The number of rotatable bonds is 1. The summed E-state index contributed by atoms with van der Waals surface area (Å²) in [6.45, 7) is 7.17. The van der Waals surface area contributed by atoms with Crippen LogP contribution in [0.5, 0.6) is 0 Å². The Morgan fingerprint density at radius 2 is 1.80 bits per heavy atom. The molecule has 0 aromatic rings. The Morgan fingerprint density at radius 1 is 1.10 bits per heavy atom. The molecule has 0 saturated heterocycles. The van der Waals surface area contributed by atoms with Crippen molar-refractivity contribution < 1.29 is 0 Å². The van der Waals surface area contributed by atoms with Crippen molar-refractivity contribution >= 4 is 8.58 Å². The van der Waals surface area contributed by atoms with Crippen molar-refractivity contribution in [1.29, 1.82) is 0 Å². The van der Waals surface area contributed by atoms with Gasteiger partial charge < -0.3 is 0 Å². The van der Waals surface area contributed by atoms with Crippen molar-refractivity contribution in [3.05, 3.63) is 0 Å². The SMILES string of the molecule is CPC1CC[C@H](C)C(C)C1. The molecule has 0 radical (unpaired) electrons. The van der Waals surface area contributed by atoms with Gasteiger partial charge in [-0.05, 0) is 43.4 Å². The first-order chi connectivity index (χ1) is 4.74. The van der Waals surface area contributed by atoms with Crippen LogP contribution in [0.4, 0.5) is 0 Å². The van der Waals surface area contributed by atoms with Gasteiger partial charge in [0.05, 0.1) is 0 Å². The van der Waals surface area contributed by atoms with Gasteiger partial charge in [0, 0.05) is 0 Å². The summed E-state index contributed by atoms with van der Waals surface area (Å²) in [7, 11) is 1.18. The van der Waals surface area contributed by atoms with E-state index in [1.807, 2.05) is 0 Å². The minimum absolute atomic E-state index is 0.992. The van der Waals surface area contributed by atoms with Crippen LogP contribution in [0.3, 0.4) is 0 Å². The predicted molar refractivity (Wildman–Crippen MR) is 50.2 cm³/mol. The predicted octanol–water partition coefficient (Wildman–Crippen LogP) is 3.12. The monoisotopic (exact) mass is 158 g/mol. The maximum Gasteiger partial charge on any atom is -0.0236 e. The lowest BCUT2D eigenvalue weighted by Gasteiger charge is -2.31. The zero-order chi connectivity index (χ0) is 7.56. The molecule has 0 aliphatic heterocycles. The van der Waals surface area contributed by atoms with Crippen molar-refractivity contribution in [2.45, 2.75) is 38.8 Å². The molecule has 1 fully saturated rings. The van der Waals surface area contributed by atoms with Gasteiger partial charge in [-0.25, -0.2) is 0 Å². The Labute approximate surface area is 66.6 Å². The highest BCUT2D eigenvalue weighted by Gasteiger charge is 2.22. The van der Waals surface area contributed by atoms with Crippen molar-refractivity contribution in [2.75, 3.05) is 6.66 Å². The third-order valence-corrected chi connectivity index (χ3v) is 4.35. The highest BCUT2D eigenvalue weighted by atomic mass is 31.1. The van der Waals surface area contributed by atoms with E-state index in [2.05, 4.69) is 20.5 Å². The quantitative estimate of drug-likeness (QED) is 0.514. The lowest BCUT2D eigenvalue weighted by atomic mass is 9.81. The molecule has 0 nitrogen and oxygen atoms in total. The van der Waals surface area contributed by atoms with E-state index >= 15 is 0 Å². The third-order valence-electron chi connectivity index (χ3n) is 3.01.